The molecule has 0 aromatic heterocycles. The number of aliphatic hydroxyl groups is 2. The number of hydrogen-bond acceptors (Lipinski definition) is 9. The van der Waals surface area contributed by atoms with E-state index in [0.717, 1.165) is 57.8 Å². The molecule has 0 fully saturated rings. The van der Waals surface area contributed by atoms with E-state index < -0.39 is 58.4 Å². The van der Waals surface area contributed by atoms with Crippen LogP contribution in [0.15, 0.2) is 12.2 Å². The molecule has 0 radical (unpaired) electrons. The van der Waals surface area contributed by atoms with E-state index in [4.69, 9.17) is 18.5 Å². The van der Waals surface area contributed by atoms with Gasteiger partial charge in [0.15, 0.2) is 0 Å². The van der Waals surface area contributed by atoms with Crippen molar-refractivity contribution >= 4 is 19.8 Å². The molecule has 0 aliphatic heterocycles. The highest BCUT2D eigenvalue weighted by atomic mass is 31.2. The van der Waals surface area contributed by atoms with Gasteiger partial charge in [0.05, 0.1) is 26.4 Å². The Hall–Kier alpha value is -1.29. The number of carbonyl (C=O) groups is 2. The summed E-state index contributed by atoms with van der Waals surface area (Å²) in [5, 5.41) is 19.0. The molecule has 0 heterocycles. The monoisotopic (exact) mass is 664 g/mol. The van der Waals surface area contributed by atoms with Crippen LogP contribution in [0, 0.1) is 0 Å². The van der Waals surface area contributed by atoms with Crippen molar-refractivity contribution in [1.29, 1.82) is 0 Å². The second-order valence-corrected chi connectivity index (χ2v) is 13.3. The van der Waals surface area contributed by atoms with Gasteiger partial charge in [0.2, 0.25) is 0 Å². The maximum atomic E-state index is 12.3. The molecule has 3 N–H and O–H groups in total. The van der Waals surface area contributed by atoms with Gasteiger partial charge in [-0.2, -0.15) is 0 Å². The first-order valence-corrected chi connectivity index (χ1v) is 19.1. The summed E-state index contributed by atoms with van der Waals surface area (Å²) in [4.78, 5) is 34.2. The average molecular weight is 665 g/mol. The van der Waals surface area contributed by atoms with Crippen LogP contribution < -0.4 is 0 Å². The van der Waals surface area contributed by atoms with Crippen LogP contribution in [0.1, 0.15) is 155 Å². The minimum Gasteiger partial charge on any atom is -0.457 e. The molecule has 0 amide bonds. The summed E-state index contributed by atoms with van der Waals surface area (Å²) in [6.45, 7) is 2.13. The number of carbonyl (C=O) groups excluding carboxylic acids is 2. The van der Waals surface area contributed by atoms with Crippen molar-refractivity contribution in [3.8, 4) is 0 Å². The van der Waals surface area contributed by atoms with E-state index >= 15 is 0 Å². The molecule has 45 heavy (non-hydrogen) atoms. The minimum atomic E-state index is -4.62. The quantitative estimate of drug-likeness (QED) is 0.0272. The Labute approximate surface area is 273 Å². The van der Waals surface area contributed by atoms with Gasteiger partial charge in [0.25, 0.3) is 0 Å². The highest BCUT2D eigenvalue weighted by molar-refractivity contribution is 7.47. The van der Waals surface area contributed by atoms with Gasteiger partial charge < -0.3 is 24.6 Å². The maximum absolute atomic E-state index is 12.3. The molecule has 0 saturated heterocycles. The van der Waals surface area contributed by atoms with Gasteiger partial charge in [-0.3, -0.25) is 18.6 Å². The van der Waals surface area contributed by atoms with Crippen molar-refractivity contribution in [2.24, 2.45) is 0 Å². The average Bonchev–Trinajstić information content (AvgIpc) is 3.02. The Bertz CT molecular complexity index is 776. The molecule has 0 aliphatic carbocycles. The molecule has 0 spiro atoms. The van der Waals surface area contributed by atoms with Gasteiger partial charge in [-0.25, -0.2) is 4.57 Å². The second kappa shape index (κ2) is 31.3. The van der Waals surface area contributed by atoms with E-state index in [9.17, 15) is 29.3 Å². The number of ether oxygens (including phenoxy) is 2. The third-order valence-corrected chi connectivity index (χ3v) is 8.43. The third kappa shape index (κ3) is 29.8. The van der Waals surface area contributed by atoms with Crippen molar-refractivity contribution < 1.29 is 47.8 Å². The van der Waals surface area contributed by atoms with E-state index in [-0.39, 0.29) is 12.8 Å². The van der Waals surface area contributed by atoms with Crippen LogP contribution in [0.2, 0.25) is 0 Å². The lowest BCUT2D eigenvalue weighted by Gasteiger charge is -2.20. The van der Waals surface area contributed by atoms with Crippen LogP contribution in [0.5, 0.6) is 0 Å². The van der Waals surface area contributed by atoms with Crippen LogP contribution in [0.4, 0.5) is 0 Å². The first kappa shape index (κ1) is 43.7. The summed E-state index contributed by atoms with van der Waals surface area (Å²) < 4.78 is 32.3. The molecule has 3 atom stereocenters. The summed E-state index contributed by atoms with van der Waals surface area (Å²) in [5.74, 6) is -1.03. The topological polar surface area (TPSA) is 149 Å². The second-order valence-electron chi connectivity index (χ2n) is 11.9. The van der Waals surface area contributed by atoms with Crippen LogP contribution in [-0.2, 0) is 32.7 Å². The van der Waals surface area contributed by atoms with Gasteiger partial charge in [-0.1, -0.05) is 116 Å². The number of rotatable bonds is 33. The molecule has 3 unspecified atom stereocenters. The van der Waals surface area contributed by atoms with Gasteiger partial charge in [-0.05, 0) is 38.5 Å². The van der Waals surface area contributed by atoms with Crippen LogP contribution in [0.25, 0.3) is 0 Å². The highest BCUT2D eigenvalue weighted by Gasteiger charge is 2.27. The van der Waals surface area contributed by atoms with E-state index in [2.05, 4.69) is 26.0 Å². The van der Waals surface area contributed by atoms with Crippen LogP contribution in [-0.4, -0.2) is 65.7 Å². The minimum absolute atomic E-state index is 0.185. The van der Waals surface area contributed by atoms with Gasteiger partial charge in [0.1, 0.15) is 12.2 Å². The molecule has 0 aromatic rings. The zero-order valence-corrected chi connectivity index (χ0v) is 29.2. The highest BCUT2D eigenvalue weighted by Crippen LogP contribution is 2.43. The summed E-state index contributed by atoms with van der Waals surface area (Å²) in [5.41, 5.74) is 0. The van der Waals surface area contributed by atoms with Gasteiger partial charge in [0, 0.05) is 12.8 Å². The Morgan fingerprint density at radius 2 is 0.911 bits per heavy atom. The Kier molecular flexibility index (Phi) is 30.4. The Morgan fingerprint density at radius 3 is 1.29 bits per heavy atom. The maximum Gasteiger partial charge on any atom is 0.472 e. The van der Waals surface area contributed by atoms with Crippen molar-refractivity contribution in [2.75, 3.05) is 26.4 Å². The Morgan fingerprint density at radius 1 is 0.578 bits per heavy atom. The lowest BCUT2D eigenvalue weighted by molar-refractivity contribution is -0.153. The molecule has 0 aromatic carbocycles. The standard InChI is InChI=1S/C34H65O10P/c1-3-5-7-9-11-13-14-15-16-18-20-22-24-26-34(38)44-32(28-36)30-42-45(39,40)41-29-31(27-35)43-33(37)25-23-21-19-17-12-10-8-6-4-2/h13-14,31-32,35-36H,3-12,15-30H2,1-2H3,(H,39,40)/b14-13-. The smallest absolute Gasteiger partial charge is 0.457 e. The van der Waals surface area contributed by atoms with E-state index in [0.29, 0.717) is 12.8 Å². The molecule has 266 valence electrons. The number of phosphoric ester groups is 1. The van der Waals surface area contributed by atoms with Gasteiger partial charge in [-0.15, -0.1) is 0 Å². The largest absolute Gasteiger partial charge is 0.472 e. The molecule has 0 rings (SSSR count). The fraction of sp³-hybridized carbons (Fsp3) is 0.882. The number of unbranched alkanes of at least 4 members (excludes halogenated alkanes) is 17. The fourth-order valence-corrected chi connectivity index (χ4v) is 5.48. The predicted molar refractivity (Wildman–Crippen MR) is 178 cm³/mol. The van der Waals surface area contributed by atoms with E-state index in [1.54, 1.807) is 0 Å². The first-order chi connectivity index (χ1) is 21.8. The number of allylic oxidation sites excluding steroid dienone is 2. The van der Waals surface area contributed by atoms with Crippen molar-refractivity contribution in [3.63, 3.8) is 0 Å². The predicted octanol–water partition coefficient (Wildman–Crippen LogP) is 8.11. The first-order valence-electron chi connectivity index (χ1n) is 17.6. The van der Waals surface area contributed by atoms with Crippen LogP contribution in [0.3, 0.4) is 0 Å². The van der Waals surface area contributed by atoms with Crippen molar-refractivity contribution in [1.82, 2.24) is 0 Å². The van der Waals surface area contributed by atoms with Gasteiger partial charge >= 0.3 is 19.8 Å². The Balaban J connectivity index is 4.03. The van der Waals surface area contributed by atoms with Crippen molar-refractivity contribution in [3.05, 3.63) is 12.2 Å². The summed E-state index contributed by atoms with van der Waals surface area (Å²) in [6.07, 6.45) is 24.9. The molecule has 0 bridgehead atoms. The zero-order chi connectivity index (χ0) is 33.4. The number of phosphoric acid groups is 1. The molecular formula is C34H65O10P. The normalized spacial score (nSPS) is 14.3. The van der Waals surface area contributed by atoms with E-state index in [1.165, 1.54) is 57.8 Å². The van der Waals surface area contributed by atoms with Crippen molar-refractivity contribution in [2.45, 2.75) is 167 Å². The lowest BCUT2D eigenvalue weighted by Crippen LogP contribution is -2.28. The summed E-state index contributed by atoms with van der Waals surface area (Å²) in [6, 6.07) is 0. The number of esters is 2. The molecule has 11 heteroatoms. The third-order valence-electron chi connectivity index (χ3n) is 7.48. The fourth-order valence-electron chi connectivity index (χ4n) is 4.70. The molecular weight excluding hydrogens is 599 g/mol. The molecule has 10 nitrogen and oxygen atoms in total. The summed E-state index contributed by atoms with van der Waals surface area (Å²) >= 11 is 0. The van der Waals surface area contributed by atoms with Crippen LogP contribution >= 0.6 is 7.82 Å². The molecule has 0 aliphatic rings. The zero-order valence-electron chi connectivity index (χ0n) is 28.3. The summed E-state index contributed by atoms with van der Waals surface area (Å²) in [7, 11) is -4.62. The van der Waals surface area contributed by atoms with E-state index in [1.807, 2.05) is 0 Å². The SMILES string of the molecule is CCCCCC/C=C\CCCCCCCC(=O)OC(CO)COP(=O)(O)OCC(CO)OC(=O)CCCCCCCCCCC. The lowest BCUT2D eigenvalue weighted by atomic mass is 10.1. The molecule has 0 saturated carbocycles. The number of aliphatic hydroxyl groups excluding tert-OH is 2. The number of hydrogen-bond donors (Lipinski definition) is 3.